The molecule has 2 aliphatic rings. The van der Waals surface area contributed by atoms with E-state index in [1.165, 1.54) is 17.4 Å². The summed E-state index contributed by atoms with van der Waals surface area (Å²) in [6, 6.07) is 12.0. The van der Waals surface area contributed by atoms with E-state index in [2.05, 4.69) is 16.0 Å². The van der Waals surface area contributed by atoms with Gasteiger partial charge in [-0.1, -0.05) is 71.4 Å². The van der Waals surface area contributed by atoms with Crippen molar-refractivity contribution in [2.45, 2.75) is 154 Å². The predicted octanol–water partition coefficient (Wildman–Crippen LogP) is 3.44. The lowest BCUT2D eigenvalue weighted by atomic mass is 9.90. The summed E-state index contributed by atoms with van der Waals surface area (Å²) in [6.45, 7) is 10.4. The Balaban J connectivity index is 1.32. The zero-order valence-corrected chi connectivity index (χ0v) is 45.0. The van der Waals surface area contributed by atoms with Crippen molar-refractivity contribution in [3.63, 3.8) is 0 Å². The highest BCUT2D eigenvalue weighted by Gasteiger charge is 2.49. The second-order valence-electron chi connectivity index (χ2n) is 20.4. The summed E-state index contributed by atoms with van der Waals surface area (Å²) in [5.41, 5.74) is 7.59. The number of hydrogen-bond donors (Lipinski definition) is 9. The first-order valence-corrected chi connectivity index (χ1v) is 26.6. The Bertz CT molecular complexity index is 2410. The molecule has 14 atom stereocenters. The maximum absolute atomic E-state index is 14.8. The van der Waals surface area contributed by atoms with Gasteiger partial charge in [-0.05, 0) is 61.8 Å². The lowest BCUT2D eigenvalue weighted by Crippen LogP contribution is -2.63. The van der Waals surface area contributed by atoms with Crippen LogP contribution < -0.4 is 26.4 Å². The number of piperidine rings is 1. The number of aliphatic hydroxyl groups is 3. The molecule has 0 aliphatic carbocycles. The van der Waals surface area contributed by atoms with E-state index < -0.39 is 84.6 Å². The van der Waals surface area contributed by atoms with E-state index in [0.717, 1.165) is 18.4 Å². The minimum atomic E-state index is -1.93. The number of nitrogens with zero attached hydrogens (tertiary/aromatic N) is 3. The van der Waals surface area contributed by atoms with Crippen molar-refractivity contribution < 1.29 is 73.0 Å². The second-order valence-corrected chi connectivity index (χ2v) is 21.3. The van der Waals surface area contributed by atoms with Gasteiger partial charge in [0, 0.05) is 62.5 Å². The van der Waals surface area contributed by atoms with Crippen LogP contribution >= 0.6 is 11.3 Å². The van der Waals surface area contributed by atoms with Gasteiger partial charge in [0.05, 0.1) is 25.2 Å². The van der Waals surface area contributed by atoms with Crippen molar-refractivity contribution in [1.29, 1.82) is 0 Å². The molecule has 2 aliphatic heterocycles. The molecule has 3 heterocycles. The monoisotopic (exact) mass is 1070 g/mol. The Labute approximate surface area is 442 Å². The van der Waals surface area contributed by atoms with Crippen LogP contribution in [0.2, 0.25) is 0 Å². The highest BCUT2D eigenvalue weighted by Crippen LogP contribution is 2.36. The van der Waals surface area contributed by atoms with Crippen LogP contribution in [-0.2, 0) is 46.4 Å². The number of rotatable bonds is 26. The summed E-state index contributed by atoms with van der Waals surface area (Å²) < 4.78 is 17.5. The third-order valence-corrected chi connectivity index (χ3v) is 15.7. The Morgan fingerprint density at radius 2 is 1.65 bits per heavy atom. The summed E-state index contributed by atoms with van der Waals surface area (Å²) in [7, 11) is 5.24. The number of anilines is 1. The summed E-state index contributed by atoms with van der Waals surface area (Å²) in [5.74, 6) is -5.30. The normalized spacial score (nSPS) is 24.5. The molecule has 4 amide bonds. The molecule has 0 bridgehead atoms. The molecule has 414 valence electrons. The number of amides is 4. The number of quaternary nitrogens is 1. The highest BCUT2D eigenvalue weighted by atomic mass is 32.1. The molecule has 0 radical (unpaired) electrons. The summed E-state index contributed by atoms with van der Waals surface area (Å²) >= 11 is 1.26. The smallest absolute Gasteiger partial charge is 0.335 e. The van der Waals surface area contributed by atoms with Gasteiger partial charge in [-0.2, -0.15) is 0 Å². The van der Waals surface area contributed by atoms with E-state index in [9.17, 15) is 54.3 Å². The van der Waals surface area contributed by atoms with Crippen LogP contribution in [0, 0.1) is 17.8 Å². The van der Waals surface area contributed by atoms with Crippen LogP contribution in [0.5, 0.6) is 5.75 Å². The minimum absolute atomic E-state index is 0.0277. The maximum atomic E-state index is 14.8. The first kappa shape index (κ1) is 60.3. The molecule has 0 saturated carbocycles. The third kappa shape index (κ3) is 15.3. The van der Waals surface area contributed by atoms with Crippen molar-refractivity contribution in [1.82, 2.24) is 20.5 Å². The number of ether oxygens (including phenoxy) is 3. The number of hydrogen-bond acceptors (Lipinski definition) is 15. The van der Waals surface area contributed by atoms with Crippen molar-refractivity contribution in [2.75, 3.05) is 39.6 Å². The average molecular weight is 1070 g/mol. The number of aliphatic carboxylic acids is 2. The fourth-order valence-corrected chi connectivity index (χ4v) is 11.2. The molecule has 3 aromatic rings. The van der Waals surface area contributed by atoms with Crippen molar-refractivity contribution in [2.24, 2.45) is 23.5 Å². The van der Waals surface area contributed by atoms with E-state index in [1.807, 2.05) is 65.1 Å². The second kappa shape index (κ2) is 27.5. The lowest BCUT2D eigenvalue weighted by molar-refractivity contribution is -0.942. The number of methoxy groups -OCH3 is 1. The number of carbonyl (C=O) groups excluding carboxylic acids is 4. The molecule has 3 unspecified atom stereocenters. The fraction of sp³-hybridized carbons (Fsp3) is 0.604. The molecule has 10 N–H and O–H groups in total. The number of aromatic nitrogens is 1. The van der Waals surface area contributed by atoms with E-state index in [-0.39, 0.29) is 70.7 Å². The van der Waals surface area contributed by atoms with Gasteiger partial charge in [0.1, 0.15) is 53.5 Å². The predicted molar refractivity (Wildman–Crippen MR) is 278 cm³/mol. The topological polar surface area (TPSA) is 309 Å². The summed E-state index contributed by atoms with van der Waals surface area (Å²) in [6.07, 6.45) is -6.11. The SMILES string of the molecule is CC[C@H](C(C)C(OC)c1nc(C(=O)N[C@@H](Cc2ccccc2)C[C@H](C)C(=O)O)cs1)N(C)C(=O)[C@@H](NC(=O)[C@H]1CCCC[N+]1(C)Cc1ccc(O[C@@H]2O[C@H](C(=O)O)[C@@H](O)[C@H](O)[C@H]2O)c(NC(=O)CCN)c1)[C@@H](C)CC. The minimum Gasteiger partial charge on any atom is -0.481 e. The fourth-order valence-electron chi connectivity index (χ4n) is 10.3. The number of aliphatic hydroxyl groups excluding tert-OH is 3. The van der Waals surface area contributed by atoms with Gasteiger partial charge >= 0.3 is 11.9 Å². The number of likely N-dealkylation sites (N-methyl/N-ethyl adjacent to an activating group) is 2. The number of nitrogens with two attached hydrogens (primary N) is 1. The molecule has 2 aromatic carbocycles. The molecule has 2 fully saturated rings. The van der Waals surface area contributed by atoms with Gasteiger partial charge < -0.3 is 70.8 Å². The Morgan fingerprint density at radius 3 is 2.28 bits per heavy atom. The van der Waals surface area contributed by atoms with Crippen LogP contribution in [0.1, 0.15) is 112 Å². The van der Waals surface area contributed by atoms with Gasteiger partial charge in [0.15, 0.2) is 12.1 Å². The van der Waals surface area contributed by atoms with Crippen LogP contribution in [0.4, 0.5) is 5.69 Å². The van der Waals surface area contributed by atoms with Crippen LogP contribution in [0.15, 0.2) is 53.9 Å². The molecular weight excluding hydrogens is 991 g/mol. The zero-order valence-electron chi connectivity index (χ0n) is 44.2. The van der Waals surface area contributed by atoms with Gasteiger partial charge in [-0.15, -0.1) is 11.3 Å². The number of benzene rings is 2. The number of likely N-dealkylation sites (tertiary alicyclic amines) is 1. The first-order valence-electron chi connectivity index (χ1n) is 25.8. The van der Waals surface area contributed by atoms with E-state index in [4.69, 9.17) is 24.9 Å². The largest absolute Gasteiger partial charge is 0.481 e. The molecule has 1 aromatic heterocycles. The van der Waals surface area contributed by atoms with Crippen LogP contribution in [0.25, 0.3) is 0 Å². The standard InChI is InChI=1S/C53H77N7O14S/c1-9-29(3)41(50(67)59(6)37(10-2)31(5)45(72-8)49-57-36(28-75-49)47(65)55-34(24-30(4)51(68)69)25-32-16-12-11-13-17-32)58-48(66)38-18-14-15-23-60(38,7)27-33-19-20-39(35(26-33)56-40(61)21-22-54)73-53-44(64)42(62)43(63)46(74-53)52(70)71/h11-13,16-17,19-20,26,28-31,34,37-38,41-46,53,62-64H,9-10,14-15,18,21-25,27,54H2,1-8H3,(H4-,55,56,58,61,65,66,68,69,70,71)/p+1/t29-,30-,31?,34+,37+,38+,41-,42-,43-,44+,45?,46-,53+,60?/m0/s1. The van der Waals surface area contributed by atoms with Gasteiger partial charge in [0.25, 0.3) is 11.8 Å². The Hall–Kier alpha value is -5.59. The quantitative estimate of drug-likeness (QED) is 0.0520. The van der Waals surface area contributed by atoms with Gasteiger partial charge in [-0.25, -0.2) is 9.78 Å². The van der Waals surface area contributed by atoms with Crippen molar-refractivity contribution in [3.05, 3.63) is 75.7 Å². The average Bonchev–Trinajstić information content (AvgIpc) is 3.86. The molecule has 75 heavy (non-hydrogen) atoms. The number of carboxylic acid groups (broad SMARTS) is 2. The van der Waals surface area contributed by atoms with Crippen LogP contribution in [0.3, 0.4) is 0 Å². The van der Waals surface area contributed by atoms with E-state index in [1.54, 1.807) is 43.5 Å². The highest BCUT2D eigenvalue weighted by molar-refractivity contribution is 7.09. The van der Waals surface area contributed by atoms with Crippen molar-refractivity contribution in [3.8, 4) is 5.75 Å². The maximum Gasteiger partial charge on any atom is 0.335 e. The molecule has 22 heteroatoms. The molecular formula is C53H78N7O14S+. The number of carbonyl (C=O) groups is 6. The number of thiazole rings is 1. The molecule has 5 rings (SSSR count). The van der Waals surface area contributed by atoms with E-state index >= 15 is 0 Å². The third-order valence-electron chi connectivity index (χ3n) is 14.8. The number of nitrogens with one attached hydrogen (secondary N) is 3. The molecule has 2 saturated heterocycles. The first-order chi connectivity index (χ1) is 35.6. The van der Waals surface area contributed by atoms with Gasteiger partial charge in [0.2, 0.25) is 18.1 Å². The van der Waals surface area contributed by atoms with E-state index in [0.29, 0.717) is 49.3 Å². The summed E-state index contributed by atoms with van der Waals surface area (Å²) in [4.78, 5) is 86.0. The van der Waals surface area contributed by atoms with Crippen LogP contribution in [-0.4, -0.2) is 165 Å². The lowest BCUT2D eigenvalue weighted by Gasteiger charge is -2.45. The molecule has 21 nitrogen and oxygen atoms in total. The Kier molecular flexibility index (Phi) is 22.1. The molecule has 0 spiro atoms. The summed E-state index contributed by atoms with van der Waals surface area (Å²) in [5, 5.41) is 61.6. The Morgan fingerprint density at radius 1 is 0.947 bits per heavy atom. The van der Waals surface area contributed by atoms with Crippen molar-refractivity contribution >= 4 is 52.6 Å². The number of carboxylic acids is 2. The van der Waals surface area contributed by atoms with Gasteiger partial charge in [-0.3, -0.25) is 24.0 Å². The zero-order chi connectivity index (χ0) is 55.3.